The van der Waals surface area contributed by atoms with E-state index in [2.05, 4.69) is 35.4 Å². The van der Waals surface area contributed by atoms with E-state index in [1.54, 1.807) is 11.0 Å². The van der Waals surface area contributed by atoms with Crippen LogP contribution in [0.5, 0.6) is 5.75 Å². The first-order chi connectivity index (χ1) is 17.4. The molecule has 1 aromatic heterocycles. The fourth-order valence-corrected chi connectivity index (χ4v) is 5.49. The standard InChI is InChI=1S/C27H35N5O4/c1-18(2)13-31-15-19(12-28-31)14-30-10-4-3-5-21(30)17-36-22-6-7-23-20(11-22)16-32(27(23)35)24-8-9-25(33)29-26(24)34/h6-7,11-12,15,18,21,24H,3-5,8-10,13-14,16-17H2,1-2H3,(H,29,33,34)/t21-,24?/m0/s1. The Morgan fingerprint density at radius 3 is 2.83 bits per heavy atom. The maximum absolute atomic E-state index is 12.9. The first kappa shape index (κ1) is 24.5. The molecular weight excluding hydrogens is 458 g/mol. The minimum Gasteiger partial charge on any atom is -0.492 e. The predicted molar refractivity (Wildman–Crippen MR) is 133 cm³/mol. The maximum Gasteiger partial charge on any atom is 0.255 e. The molecule has 9 nitrogen and oxygen atoms in total. The molecule has 4 heterocycles. The molecule has 192 valence electrons. The lowest BCUT2D eigenvalue weighted by Gasteiger charge is -2.35. The summed E-state index contributed by atoms with van der Waals surface area (Å²) in [5.41, 5.74) is 2.69. The second kappa shape index (κ2) is 10.4. The Balaban J connectivity index is 1.20. The SMILES string of the molecule is CC(C)Cn1cc(CN2CCCC[C@H]2COc2ccc3c(c2)CN(C2CCC(=O)NC2=O)C3=O)cn1. The number of benzene rings is 1. The van der Waals surface area contributed by atoms with Crippen LogP contribution in [-0.2, 0) is 29.2 Å². The molecule has 1 unspecified atom stereocenters. The number of piperidine rings is 2. The Morgan fingerprint density at radius 1 is 1.17 bits per heavy atom. The number of carbonyl (C=O) groups excluding carboxylic acids is 3. The van der Waals surface area contributed by atoms with E-state index in [0.29, 0.717) is 37.1 Å². The van der Waals surface area contributed by atoms with Crippen molar-refractivity contribution in [1.29, 1.82) is 0 Å². The molecule has 36 heavy (non-hydrogen) atoms. The van der Waals surface area contributed by atoms with Crippen LogP contribution in [-0.4, -0.2) is 62.5 Å². The molecule has 3 amide bonds. The molecule has 9 heteroatoms. The summed E-state index contributed by atoms with van der Waals surface area (Å²) < 4.78 is 8.26. The molecule has 5 rings (SSSR count). The number of imide groups is 1. The Kier molecular flexibility index (Phi) is 7.09. The minimum absolute atomic E-state index is 0.164. The van der Waals surface area contributed by atoms with Gasteiger partial charge in [-0.1, -0.05) is 20.3 Å². The van der Waals surface area contributed by atoms with Gasteiger partial charge in [0.05, 0.1) is 6.20 Å². The van der Waals surface area contributed by atoms with E-state index in [0.717, 1.165) is 37.4 Å². The molecule has 2 fully saturated rings. The third-order valence-electron chi connectivity index (χ3n) is 7.31. The van der Waals surface area contributed by atoms with Gasteiger partial charge < -0.3 is 9.64 Å². The minimum atomic E-state index is -0.604. The molecule has 0 spiro atoms. The topological polar surface area (TPSA) is 96.8 Å². The van der Waals surface area contributed by atoms with Gasteiger partial charge >= 0.3 is 0 Å². The maximum atomic E-state index is 12.9. The summed E-state index contributed by atoms with van der Waals surface area (Å²) in [5.74, 6) is 0.463. The summed E-state index contributed by atoms with van der Waals surface area (Å²) in [7, 11) is 0. The summed E-state index contributed by atoms with van der Waals surface area (Å²) in [6, 6.07) is 5.27. The molecule has 0 radical (unpaired) electrons. The highest BCUT2D eigenvalue weighted by Crippen LogP contribution is 2.30. The first-order valence-electron chi connectivity index (χ1n) is 13.0. The third-order valence-corrected chi connectivity index (χ3v) is 7.31. The van der Waals surface area contributed by atoms with Gasteiger partial charge in [-0.15, -0.1) is 0 Å². The van der Waals surface area contributed by atoms with E-state index in [9.17, 15) is 14.4 Å². The number of carbonyl (C=O) groups is 3. The number of hydrogen-bond donors (Lipinski definition) is 1. The van der Waals surface area contributed by atoms with E-state index in [1.807, 2.05) is 23.0 Å². The summed E-state index contributed by atoms with van der Waals surface area (Å²) in [6.45, 7) is 8.17. The van der Waals surface area contributed by atoms with E-state index in [1.165, 1.54) is 18.4 Å². The van der Waals surface area contributed by atoms with Gasteiger partial charge in [0.1, 0.15) is 18.4 Å². The molecular formula is C27H35N5O4. The fraction of sp³-hybridized carbons (Fsp3) is 0.556. The predicted octanol–water partition coefficient (Wildman–Crippen LogP) is 2.73. The monoisotopic (exact) mass is 493 g/mol. The lowest BCUT2D eigenvalue weighted by atomic mass is 10.0. The van der Waals surface area contributed by atoms with Crippen molar-refractivity contribution in [2.75, 3.05) is 13.2 Å². The Morgan fingerprint density at radius 2 is 2.03 bits per heavy atom. The number of ether oxygens (including phenoxy) is 1. The zero-order valence-corrected chi connectivity index (χ0v) is 21.1. The van der Waals surface area contributed by atoms with Gasteiger partial charge in [-0.25, -0.2) is 0 Å². The molecule has 0 aliphatic carbocycles. The van der Waals surface area contributed by atoms with Gasteiger partial charge in [0.25, 0.3) is 5.91 Å². The summed E-state index contributed by atoms with van der Waals surface area (Å²) in [5, 5.41) is 6.86. The van der Waals surface area contributed by atoms with Gasteiger partial charge in [0.2, 0.25) is 11.8 Å². The quantitative estimate of drug-likeness (QED) is 0.568. The second-order valence-corrected chi connectivity index (χ2v) is 10.6. The van der Waals surface area contributed by atoms with Gasteiger partial charge in [-0.2, -0.15) is 5.10 Å². The number of likely N-dealkylation sites (tertiary alicyclic amines) is 1. The molecule has 3 aliphatic heterocycles. The van der Waals surface area contributed by atoms with Crippen molar-refractivity contribution >= 4 is 17.7 Å². The van der Waals surface area contributed by atoms with Crippen LogP contribution in [0.25, 0.3) is 0 Å². The van der Waals surface area contributed by atoms with Crippen molar-refractivity contribution < 1.29 is 19.1 Å². The number of nitrogens with zero attached hydrogens (tertiary/aromatic N) is 4. The molecule has 2 saturated heterocycles. The highest BCUT2D eigenvalue weighted by Gasteiger charge is 2.39. The molecule has 0 saturated carbocycles. The van der Waals surface area contributed by atoms with Crippen LogP contribution in [0.1, 0.15) is 67.4 Å². The van der Waals surface area contributed by atoms with Crippen molar-refractivity contribution in [1.82, 2.24) is 24.9 Å². The van der Waals surface area contributed by atoms with Crippen LogP contribution < -0.4 is 10.1 Å². The van der Waals surface area contributed by atoms with Gasteiger partial charge in [-0.3, -0.25) is 29.3 Å². The highest BCUT2D eigenvalue weighted by molar-refractivity contribution is 6.05. The van der Waals surface area contributed by atoms with Crippen LogP contribution >= 0.6 is 0 Å². The fourth-order valence-electron chi connectivity index (χ4n) is 5.49. The number of amides is 3. The van der Waals surface area contributed by atoms with Crippen molar-refractivity contribution in [3.63, 3.8) is 0 Å². The van der Waals surface area contributed by atoms with Crippen LogP contribution in [0.2, 0.25) is 0 Å². The van der Waals surface area contributed by atoms with Gasteiger partial charge in [-0.05, 0) is 55.5 Å². The lowest BCUT2D eigenvalue weighted by Crippen LogP contribution is -2.52. The van der Waals surface area contributed by atoms with Crippen LogP contribution in [0, 0.1) is 5.92 Å². The number of rotatable bonds is 8. The highest BCUT2D eigenvalue weighted by atomic mass is 16.5. The zero-order valence-electron chi connectivity index (χ0n) is 21.1. The Bertz CT molecular complexity index is 1140. The van der Waals surface area contributed by atoms with Crippen molar-refractivity contribution in [2.24, 2.45) is 5.92 Å². The van der Waals surface area contributed by atoms with E-state index >= 15 is 0 Å². The Labute approximate surface area is 211 Å². The van der Waals surface area contributed by atoms with Crippen molar-refractivity contribution in [3.8, 4) is 5.75 Å². The third kappa shape index (κ3) is 5.31. The normalized spacial score (nSPS) is 22.8. The van der Waals surface area contributed by atoms with Crippen LogP contribution in [0.15, 0.2) is 30.6 Å². The number of aromatic nitrogens is 2. The van der Waals surface area contributed by atoms with Crippen molar-refractivity contribution in [3.05, 3.63) is 47.3 Å². The molecule has 2 atom stereocenters. The molecule has 0 bridgehead atoms. The summed E-state index contributed by atoms with van der Waals surface area (Å²) >= 11 is 0. The zero-order chi connectivity index (χ0) is 25.2. The van der Waals surface area contributed by atoms with Gasteiger partial charge in [0.15, 0.2) is 0 Å². The smallest absolute Gasteiger partial charge is 0.255 e. The second-order valence-electron chi connectivity index (χ2n) is 10.6. The van der Waals surface area contributed by atoms with E-state index in [-0.39, 0.29) is 18.2 Å². The molecule has 2 aromatic rings. The van der Waals surface area contributed by atoms with Gasteiger partial charge in [0, 0.05) is 49.4 Å². The van der Waals surface area contributed by atoms with Crippen LogP contribution in [0.4, 0.5) is 0 Å². The molecule has 1 N–H and O–H groups in total. The van der Waals surface area contributed by atoms with Crippen molar-refractivity contribution in [2.45, 2.75) is 77.7 Å². The van der Waals surface area contributed by atoms with Crippen LogP contribution in [0.3, 0.4) is 0 Å². The van der Waals surface area contributed by atoms with E-state index in [4.69, 9.17) is 4.74 Å². The number of fused-ring (bicyclic) bond motifs is 1. The number of hydrogen-bond acceptors (Lipinski definition) is 6. The summed E-state index contributed by atoms with van der Waals surface area (Å²) in [4.78, 5) is 40.7. The molecule has 3 aliphatic rings. The lowest BCUT2D eigenvalue weighted by molar-refractivity contribution is -0.136. The largest absolute Gasteiger partial charge is 0.492 e. The average Bonchev–Trinajstić information content (AvgIpc) is 3.41. The first-order valence-corrected chi connectivity index (χ1v) is 13.0. The Hall–Kier alpha value is -3.20. The molecule has 1 aromatic carbocycles. The number of nitrogens with one attached hydrogen (secondary N) is 1. The average molecular weight is 494 g/mol. The van der Waals surface area contributed by atoms with E-state index < -0.39 is 11.9 Å². The summed E-state index contributed by atoms with van der Waals surface area (Å²) in [6.07, 6.45) is 8.21.